The van der Waals surface area contributed by atoms with Gasteiger partial charge >= 0.3 is 11.2 Å². The molecule has 0 amide bonds. The fraction of sp³-hybridized carbons (Fsp3) is 0.111. The molecule has 0 aliphatic carbocycles. The average Bonchev–Trinajstić information content (AvgIpc) is 2.35. The van der Waals surface area contributed by atoms with Gasteiger partial charge < -0.3 is 10.3 Å². The Morgan fingerprint density at radius 1 is 1.32 bits per heavy atom. The number of nitrogens with zero attached hydrogens (tertiary/aromatic N) is 3. The van der Waals surface area contributed by atoms with Crippen molar-refractivity contribution in [3.63, 3.8) is 0 Å². The van der Waals surface area contributed by atoms with Crippen LogP contribution in [0, 0.1) is 20.2 Å². The van der Waals surface area contributed by atoms with E-state index in [9.17, 15) is 25.0 Å². The topological polar surface area (TPSA) is 144 Å². The SMILES string of the molecule is CNc1c([N+](=O)[O-])c(=O)[nH]c2ncc([N+](=O)[O-])cc12. The standard InChI is InChI=1S/C9H7N5O5/c1-10-6-5-2-4(13(16)17)3-11-8(5)12-9(15)7(6)14(18)19/h2-3H,1H3,(H2,10,11,12,15). The summed E-state index contributed by atoms with van der Waals surface area (Å²) in [5.74, 6) is 0. The lowest BCUT2D eigenvalue weighted by molar-refractivity contribution is -0.385. The smallest absolute Gasteiger partial charge is 0.357 e. The number of rotatable bonds is 3. The molecular weight excluding hydrogens is 258 g/mol. The molecule has 2 aromatic heterocycles. The average molecular weight is 265 g/mol. The van der Waals surface area contributed by atoms with Crippen LogP contribution in [0.1, 0.15) is 0 Å². The van der Waals surface area contributed by atoms with Crippen molar-refractivity contribution in [1.29, 1.82) is 0 Å². The first kappa shape index (κ1) is 12.4. The van der Waals surface area contributed by atoms with E-state index in [0.717, 1.165) is 12.3 Å². The fourth-order valence-electron chi connectivity index (χ4n) is 1.68. The largest absolute Gasteiger partial charge is 0.382 e. The molecule has 2 heterocycles. The Morgan fingerprint density at radius 3 is 2.53 bits per heavy atom. The summed E-state index contributed by atoms with van der Waals surface area (Å²) < 4.78 is 0. The summed E-state index contributed by atoms with van der Waals surface area (Å²) in [5.41, 5.74) is -2.05. The molecular formula is C9H7N5O5. The molecule has 0 spiro atoms. The summed E-state index contributed by atoms with van der Waals surface area (Å²) in [4.78, 5) is 37.5. The van der Waals surface area contributed by atoms with Crippen molar-refractivity contribution >= 4 is 28.1 Å². The van der Waals surface area contributed by atoms with E-state index in [1.165, 1.54) is 7.05 Å². The molecule has 0 aliphatic rings. The van der Waals surface area contributed by atoms with E-state index in [2.05, 4.69) is 15.3 Å². The molecule has 10 heteroatoms. The zero-order chi connectivity index (χ0) is 14.2. The second-order valence-electron chi connectivity index (χ2n) is 3.53. The number of nitro groups is 2. The van der Waals surface area contributed by atoms with Crippen LogP contribution in [0.5, 0.6) is 0 Å². The van der Waals surface area contributed by atoms with Gasteiger partial charge in [-0.2, -0.15) is 0 Å². The number of hydrogen-bond donors (Lipinski definition) is 2. The second-order valence-corrected chi connectivity index (χ2v) is 3.53. The van der Waals surface area contributed by atoms with Gasteiger partial charge in [-0.1, -0.05) is 0 Å². The summed E-state index contributed by atoms with van der Waals surface area (Å²) >= 11 is 0. The van der Waals surface area contributed by atoms with E-state index in [1.807, 2.05) is 0 Å². The first-order valence-electron chi connectivity index (χ1n) is 4.98. The minimum absolute atomic E-state index is 0.0329. The minimum Gasteiger partial charge on any atom is -0.382 e. The monoisotopic (exact) mass is 265 g/mol. The van der Waals surface area contributed by atoms with Crippen molar-refractivity contribution in [1.82, 2.24) is 9.97 Å². The molecule has 2 aromatic rings. The molecule has 0 saturated heterocycles. The highest BCUT2D eigenvalue weighted by Crippen LogP contribution is 2.29. The maximum atomic E-state index is 11.6. The number of pyridine rings is 2. The van der Waals surface area contributed by atoms with Gasteiger partial charge in [0.25, 0.3) is 5.69 Å². The van der Waals surface area contributed by atoms with E-state index < -0.39 is 21.1 Å². The van der Waals surface area contributed by atoms with Gasteiger partial charge in [0.15, 0.2) is 0 Å². The molecule has 19 heavy (non-hydrogen) atoms. The van der Waals surface area contributed by atoms with Gasteiger partial charge in [-0.05, 0) is 0 Å². The molecule has 10 nitrogen and oxygen atoms in total. The van der Waals surface area contributed by atoms with Crippen LogP contribution in [-0.4, -0.2) is 26.9 Å². The third-order valence-electron chi connectivity index (χ3n) is 2.47. The summed E-state index contributed by atoms with van der Waals surface area (Å²) in [7, 11) is 1.38. The number of nitrogens with one attached hydrogen (secondary N) is 2. The van der Waals surface area contributed by atoms with Crippen LogP contribution in [0.3, 0.4) is 0 Å². The number of hydrogen-bond acceptors (Lipinski definition) is 7. The molecule has 0 aromatic carbocycles. The Hall–Kier alpha value is -3.04. The molecule has 0 atom stereocenters. The Morgan fingerprint density at radius 2 is 2.00 bits per heavy atom. The van der Waals surface area contributed by atoms with Crippen molar-refractivity contribution in [2.45, 2.75) is 0 Å². The molecule has 0 saturated carbocycles. The minimum atomic E-state index is -0.928. The van der Waals surface area contributed by atoms with Gasteiger partial charge in [0, 0.05) is 13.1 Å². The predicted octanol–water partition coefficient (Wildman–Crippen LogP) is 0.781. The second kappa shape index (κ2) is 4.33. The quantitative estimate of drug-likeness (QED) is 0.616. The van der Waals surface area contributed by atoms with Crippen molar-refractivity contribution < 1.29 is 9.85 Å². The lowest BCUT2D eigenvalue weighted by atomic mass is 10.2. The van der Waals surface area contributed by atoms with Crippen LogP contribution < -0.4 is 10.9 Å². The highest BCUT2D eigenvalue weighted by atomic mass is 16.6. The van der Waals surface area contributed by atoms with Gasteiger partial charge in [0.2, 0.25) is 0 Å². The third-order valence-corrected chi connectivity index (χ3v) is 2.47. The Balaban J connectivity index is 2.93. The van der Waals surface area contributed by atoms with Crippen LogP contribution in [0.15, 0.2) is 17.1 Å². The van der Waals surface area contributed by atoms with Gasteiger partial charge in [-0.25, -0.2) is 4.98 Å². The molecule has 0 bridgehead atoms. The summed E-state index contributed by atoms with van der Waals surface area (Å²) in [5, 5.41) is 24.1. The summed E-state index contributed by atoms with van der Waals surface area (Å²) in [6.07, 6.45) is 0.962. The van der Waals surface area contributed by atoms with Crippen LogP contribution in [0.4, 0.5) is 17.1 Å². The highest BCUT2D eigenvalue weighted by Gasteiger charge is 2.23. The lowest BCUT2D eigenvalue weighted by Gasteiger charge is -2.05. The van der Waals surface area contributed by atoms with Gasteiger partial charge in [-0.3, -0.25) is 25.0 Å². The zero-order valence-corrected chi connectivity index (χ0v) is 9.54. The number of H-pyrrole nitrogens is 1. The van der Waals surface area contributed by atoms with Crippen molar-refractivity contribution in [3.8, 4) is 0 Å². The predicted molar refractivity (Wildman–Crippen MR) is 65.2 cm³/mol. The molecule has 2 rings (SSSR count). The lowest BCUT2D eigenvalue weighted by Crippen LogP contribution is -2.15. The Labute approximate surface area is 104 Å². The summed E-state index contributed by atoms with van der Waals surface area (Å²) in [6, 6.07) is 1.11. The maximum Gasteiger partial charge on any atom is 0.357 e. The molecule has 0 unspecified atom stereocenters. The van der Waals surface area contributed by atoms with Crippen LogP contribution in [0.2, 0.25) is 0 Å². The number of aromatic nitrogens is 2. The van der Waals surface area contributed by atoms with Gasteiger partial charge in [-0.15, -0.1) is 0 Å². The van der Waals surface area contributed by atoms with Crippen LogP contribution in [0.25, 0.3) is 11.0 Å². The normalized spacial score (nSPS) is 10.4. The number of aromatic amines is 1. The van der Waals surface area contributed by atoms with Gasteiger partial charge in [0.05, 0.1) is 15.2 Å². The molecule has 2 N–H and O–H groups in total. The first-order valence-corrected chi connectivity index (χ1v) is 4.98. The highest BCUT2D eigenvalue weighted by molar-refractivity contribution is 5.94. The van der Waals surface area contributed by atoms with E-state index in [-0.39, 0.29) is 22.4 Å². The van der Waals surface area contributed by atoms with Crippen molar-refractivity contribution in [2.24, 2.45) is 0 Å². The maximum absolute atomic E-state index is 11.6. The Bertz CT molecular complexity index is 752. The van der Waals surface area contributed by atoms with Crippen molar-refractivity contribution in [3.05, 3.63) is 42.8 Å². The van der Waals surface area contributed by atoms with E-state index in [0.29, 0.717) is 0 Å². The van der Waals surface area contributed by atoms with E-state index >= 15 is 0 Å². The van der Waals surface area contributed by atoms with Crippen LogP contribution in [-0.2, 0) is 0 Å². The number of anilines is 1. The van der Waals surface area contributed by atoms with Crippen molar-refractivity contribution in [2.75, 3.05) is 12.4 Å². The first-order chi connectivity index (χ1) is 8.95. The molecule has 0 radical (unpaired) electrons. The van der Waals surface area contributed by atoms with Crippen LogP contribution >= 0.6 is 0 Å². The summed E-state index contributed by atoms with van der Waals surface area (Å²) in [6.45, 7) is 0. The molecule has 0 aliphatic heterocycles. The Kier molecular flexibility index (Phi) is 2.83. The van der Waals surface area contributed by atoms with Gasteiger partial charge in [0.1, 0.15) is 17.5 Å². The fourth-order valence-corrected chi connectivity index (χ4v) is 1.68. The van der Waals surface area contributed by atoms with E-state index in [1.54, 1.807) is 0 Å². The molecule has 98 valence electrons. The molecule has 0 fully saturated rings. The number of fused-ring (bicyclic) bond motifs is 1. The zero-order valence-electron chi connectivity index (χ0n) is 9.54. The van der Waals surface area contributed by atoms with E-state index in [4.69, 9.17) is 0 Å². The third kappa shape index (κ3) is 1.94.